The number of anilines is 1. The van der Waals surface area contributed by atoms with Crippen LogP contribution in [0.2, 0.25) is 5.02 Å². The standard InChI is InChI=1S/C24H37ClN4O4/c1-15(2)24(31)29-9-5-16(6-10-29)13-28-8-7-20(22(14-28)33-4)27-23(30)17-11-18(25)19(26)12-21(17)32-3/h11-12,15-16,20,22H,5-10,13-14,26H2,1-4H3,(H,27,30)/t20?,22-/m0/s1. The molecule has 0 spiro atoms. The number of halogens is 1. The predicted molar refractivity (Wildman–Crippen MR) is 130 cm³/mol. The normalized spacial score (nSPS) is 22.4. The van der Waals surface area contributed by atoms with Gasteiger partial charge in [-0.15, -0.1) is 0 Å². The Labute approximate surface area is 201 Å². The maximum atomic E-state index is 13.0. The van der Waals surface area contributed by atoms with Crippen LogP contribution in [0.25, 0.3) is 0 Å². The van der Waals surface area contributed by atoms with Gasteiger partial charge in [0.1, 0.15) is 5.75 Å². The van der Waals surface area contributed by atoms with E-state index in [0.29, 0.717) is 27.9 Å². The van der Waals surface area contributed by atoms with Crippen LogP contribution in [-0.4, -0.2) is 80.7 Å². The predicted octanol–water partition coefficient (Wildman–Crippen LogP) is 2.64. The molecule has 1 aromatic carbocycles. The zero-order valence-corrected chi connectivity index (χ0v) is 20.9. The van der Waals surface area contributed by atoms with E-state index < -0.39 is 0 Å². The van der Waals surface area contributed by atoms with E-state index >= 15 is 0 Å². The van der Waals surface area contributed by atoms with Gasteiger partial charge in [-0.1, -0.05) is 25.4 Å². The average Bonchev–Trinajstić information content (AvgIpc) is 2.81. The molecule has 8 nitrogen and oxygen atoms in total. The van der Waals surface area contributed by atoms with Crippen LogP contribution in [0.4, 0.5) is 5.69 Å². The minimum absolute atomic E-state index is 0.0579. The summed E-state index contributed by atoms with van der Waals surface area (Å²) in [5.41, 5.74) is 6.56. The first-order valence-electron chi connectivity index (χ1n) is 11.7. The minimum atomic E-state index is -0.253. The highest BCUT2D eigenvalue weighted by Crippen LogP contribution is 2.29. The van der Waals surface area contributed by atoms with Gasteiger partial charge in [-0.3, -0.25) is 9.59 Å². The Morgan fingerprint density at radius 1 is 1.18 bits per heavy atom. The average molecular weight is 481 g/mol. The van der Waals surface area contributed by atoms with E-state index in [1.165, 1.54) is 7.11 Å². The van der Waals surface area contributed by atoms with Crippen molar-refractivity contribution in [2.75, 3.05) is 52.7 Å². The first-order chi connectivity index (χ1) is 15.7. The van der Waals surface area contributed by atoms with Gasteiger partial charge in [-0.25, -0.2) is 0 Å². The third-order valence-electron chi connectivity index (χ3n) is 6.76. The molecule has 9 heteroatoms. The van der Waals surface area contributed by atoms with Crippen molar-refractivity contribution < 1.29 is 19.1 Å². The number of nitrogens with zero attached hydrogens (tertiary/aromatic N) is 2. The van der Waals surface area contributed by atoms with Crippen LogP contribution in [0, 0.1) is 11.8 Å². The summed E-state index contributed by atoms with van der Waals surface area (Å²) in [4.78, 5) is 29.6. The third kappa shape index (κ3) is 6.31. The molecule has 2 amide bonds. The van der Waals surface area contributed by atoms with Crippen LogP contribution in [0.15, 0.2) is 12.1 Å². The van der Waals surface area contributed by atoms with Crippen molar-refractivity contribution in [2.45, 2.75) is 45.3 Å². The number of likely N-dealkylation sites (tertiary alicyclic amines) is 2. The fraction of sp³-hybridized carbons (Fsp3) is 0.667. The van der Waals surface area contributed by atoms with Gasteiger partial charge in [0, 0.05) is 51.8 Å². The van der Waals surface area contributed by atoms with Crippen molar-refractivity contribution in [2.24, 2.45) is 11.8 Å². The number of piperidine rings is 2. The lowest BCUT2D eigenvalue weighted by molar-refractivity contribution is -0.136. The number of carbonyl (C=O) groups is 2. The largest absolute Gasteiger partial charge is 0.496 e. The third-order valence-corrected chi connectivity index (χ3v) is 7.09. The molecule has 2 aliphatic heterocycles. The number of hydrogen-bond donors (Lipinski definition) is 2. The highest BCUT2D eigenvalue weighted by Gasteiger charge is 2.33. The molecule has 1 aromatic rings. The zero-order chi connectivity index (χ0) is 24.1. The Hall–Kier alpha value is -2.03. The van der Waals surface area contributed by atoms with Crippen LogP contribution in [-0.2, 0) is 9.53 Å². The zero-order valence-electron chi connectivity index (χ0n) is 20.1. The van der Waals surface area contributed by atoms with E-state index in [2.05, 4.69) is 10.2 Å². The second-order valence-corrected chi connectivity index (χ2v) is 9.81. The summed E-state index contributed by atoms with van der Waals surface area (Å²) in [6.07, 6.45) is 2.75. The van der Waals surface area contributed by atoms with Gasteiger partial charge in [-0.2, -0.15) is 0 Å². The highest BCUT2D eigenvalue weighted by atomic mass is 35.5. The number of ether oxygens (including phenoxy) is 2. The maximum absolute atomic E-state index is 13.0. The topological polar surface area (TPSA) is 97.1 Å². The van der Waals surface area contributed by atoms with Crippen molar-refractivity contribution in [3.05, 3.63) is 22.7 Å². The lowest BCUT2D eigenvalue weighted by atomic mass is 9.93. The molecule has 184 valence electrons. The molecule has 2 atom stereocenters. The number of amides is 2. The van der Waals surface area contributed by atoms with Crippen LogP contribution >= 0.6 is 11.6 Å². The van der Waals surface area contributed by atoms with Crippen LogP contribution in [0.3, 0.4) is 0 Å². The first-order valence-corrected chi connectivity index (χ1v) is 12.1. The molecule has 1 unspecified atom stereocenters. The van der Waals surface area contributed by atoms with E-state index in [1.54, 1.807) is 19.2 Å². The Morgan fingerprint density at radius 3 is 2.48 bits per heavy atom. The molecule has 3 rings (SSSR count). The van der Waals surface area contributed by atoms with Crippen LogP contribution in [0.1, 0.15) is 43.5 Å². The van der Waals surface area contributed by atoms with Crippen molar-refractivity contribution >= 4 is 29.1 Å². The fourth-order valence-corrected chi connectivity index (χ4v) is 4.94. The van der Waals surface area contributed by atoms with E-state index in [4.69, 9.17) is 26.8 Å². The van der Waals surface area contributed by atoms with E-state index in [-0.39, 0.29) is 29.9 Å². The molecular formula is C24H37ClN4O4. The van der Waals surface area contributed by atoms with Crippen molar-refractivity contribution in [3.63, 3.8) is 0 Å². The van der Waals surface area contributed by atoms with Gasteiger partial charge < -0.3 is 30.3 Å². The molecule has 2 heterocycles. The minimum Gasteiger partial charge on any atom is -0.496 e. The van der Waals surface area contributed by atoms with E-state index in [0.717, 1.165) is 52.0 Å². The molecule has 2 aliphatic rings. The summed E-state index contributed by atoms with van der Waals surface area (Å²) in [6.45, 7) is 8.23. The summed E-state index contributed by atoms with van der Waals surface area (Å²) in [5, 5.41) is 3.42. The quantitative estimate of drug-likeness (QED) is 0.582. The molecule has 0 radical (unpaired) electrons. The smallest absolute Gasteiger partial charge is 0.255 e. The number of hydrogen-bond acceptors (Lipinski definition) is 6. The number of carbonyl (C=O) groups excluding carboxylic acids is 2. The lowest BCUT2D eigenvalue weighted by Crippen LogP contribution is -2.55. The van der Waals surface area contributed by atoms with Gasteiger partial charge in [0.2, 0.25) is 5.91 Å². The molecule has 0 aliphatic carbocycles. The summed E-state index contributed by atoms with van der Waals surface area (Å²) < 4.78 is 11.1. The van der Waals surface area contributed by atoms with Gasteiger partial charge in [-0.05, 0) is 31.2 Å². The SMILES string of the molecule is COc1cc(N)c(Cl)cc1C(=O)NC1CCN(CC2CCN(C(=O)C(C)C)CC2)C[C@@H]1OC. The van der Waals surface area contributed by atoms with E-state index in [1.807, 2.05) is 18.7 Å². The monoisotopic (exact) mass is 480 g/mol. The second-order valence-electron chi connectivity index (χ2n) is 9.40. The van der Waals surface area contributed by atoms with Crippen molar-refractivity contribution in [1.82, 2.24) is 15.1 Å². The molecule has 3 N–H and O–H groups in total. The summed E-state index contributed by atoms with van der Waals surface area (Å²) in [6, 6.07) is 3.00. The first kappa shape index (κ1) is 25.6. The number of nitrogens with one attached hydrogen (secondary N) is 1. The maximum Gasteiger partial charge on any atom is 0.255 e. The molecule has 33 heavy (non-hydrogen) atoms. The summed E-state index contributed by atoms with van der Waals surface area (Å²) >= 11 is 6.13. The number of benzene rings is 1. The number of methoxy groups -OCH3 is 2. The molecular weight excluding hydrogens is 444 g/mol. The number of nitrogen functional groups attached to an aromatic ring is 1. The summed E-state index contributed by atoms with van der Waals surface area (Å²) in [7, 11) is 3.18. The fourth-order valence-electron chi connectivity index (χ4n) is 4.78. The summed E-state index contributed by atoms with van der Waals surface area (Å²) in [5.74, 6) is 1.02. The van der Waals surface area contributed by atoms with Gasteiger partial charge >= 0.3 is 0 Å². The lowest BCUT2D eigenvalue weighted by Gasteiger charge is -2.41. The Morgan fingerprint density at radius 2 is 1.88 bits per heavy atom. The van der Waals surface area contributed by atoms with Crippen molar-refractivity contribution in [3.8, 4) is 5.75 Å². The molecule has 0 aromatic heterocycles. The Balaban J connectivity index is 1.53. The number of rotatable bonds is 7. The number of nitrogens with two attached hydrogens (primary N) is 1. The van der Waals surface area contributed by atoms with Crippen LogP contribution in [0.5, 0.6) is 5.75 Å². The highest BCUT2D eigenvalue weighted by molar-refractivity contribution is 6.33. The molecule has 2 saturated heterocycles. The van der Waals surface area contributed by atoms with E-state index in [9.17, 15) is 9.59 Å². The Bertz CT molecular complexity index is 842. The molecule has 0 bridgehead atoms. The molecule has 2 fully saturated rings. The van der Waals surface area contributed by atoms with Gasteiger partial charge in [0.05, 0.1) is 35.5 Å². The molecule has 0 saturated carbocycles. The second kappa shape index (κ2) is 11.4. The van der Waals surface area contributed by atoms with Gasteiger partial charge in [0.25, 0.3) is 5.91 Å². The Kier molecular flexibility index (Phi) is 8.84. The van der Waals surface area contributed by atoms with Crippen LogP contribution < -0.4 is 15.8 Å². The van der Waals surface area contributed by atoms with Crippen molar-refractivity contribution in [1.29, 1.82) is 0 Å². The van der Waals surface area contributed by atoms with Gasteiger partial charge in [0.15, 0.2) is 0 Å².